The number of rotatable bonds is 5. The largest absolute Gasteiger partial charge is 0.507 e. The second-order valence-corrected chi connectivity index (χ2v) is 8.53. The van der Waals surface area contributed by atoms with Gasteiger partial charge in [0.25, 0.3) is 11.7 Å². The summed E-state index contributed by atoms with van der Waals surface area (Å²) in [4.78, 5) is 31.1. The van der Waals surface area contributed by atoms with E-state index in [1.807, 2.05) is 24.3 Å². The van der Waals surface area contributed by atoms with E-state index in [2.05, 4.69) is 4.98 Å². The number of hydrogen-bond acceptors (Lipinski definition) is 5. The van der Waals surface area contributed by atoms with E-state index in [4.69, 9.17) is 21.1 Å². The summed E-state index contributed by atoms with van der Waals surface area (Å²) in [5, 5.41) is 12.4. The lowest BCUT2D eigenvalue weighted by Crippen LogP contribution is -2.29. The van der Waals surface area contributed by atoms with E-state index in [-0.39, 0.29) is 27.6 Å². The summed E-state index contributed by atoms with van der Waals surface area (Å²) in [5.74, 6) is -2.40. The van der Waals surface area contributed by atoms with Crippen molar-refractivity contribution in [3.8, 4) is 11.5 Å². The molecule has 3 aromatic carbocycles. The first kappa shape index (κ1) is 23.4. The molecule has 36 heavy (non-hydrogen) atoms. The lowest BCUT2D eigenvalue weighted by atomic mass is 9.94. The van der Waals surface area contributed by atoms with Crippen molar-refractivity contribution < 1.29 is 28.6 Å². The third-order valence-electron chi connectivity index (χ3n) is 6.18. The third-order valence-corrected chi connectivity index (χ3v) is 6.47. The van der Waals surface area contributed by atoms with Crippen molar-refractivity contribution in [2.24, 2.45) is 0 Å². The zero-order valence-corrected chi connectivity index (χ0v) is 20.0. The number of aromatic nitrogens is 1. The first-order valence-electron chi connectivity index (χ1n) is 10.9. The quantitative estimate of drug-likeness (QED) is 0.209. The molecule has 1 unspecified atom stereocenters. The highest BCUT2D eigenvalue weighted by atomic mass is 35.5. The smallest absolute Gasteiger partial charge is 0.300 e. The SMILES string of the molecule is COc1cc(OC)c(/C(O)=C2\C(=O)C(=O)N(c3cccc(F)c3)C2c2c[nH]c3ccccc23)cc1Cl. The van der Waals surface area contributed by atoms with Gasteiger partial charge < -0.3 is 19.6 Å². The molecule has 0 spiro atoms. The Morgan fingerprint density at radius 3 is 2.50 bits per heavy atom. The van der Waals surface area contributed by atoms with Gasteiger partial charge in [0.1, 0.15) is 23.1 Å². The number of methoxy groups -OCH3 is 2. The number of aromatic amines is 1. The third kappa shape index (κ3) is 3.67. The van der Waals surface area contributed by atoms with Crippen LogP contribution in [0.1, 0.15) is 17.2 Å². The molecule has 0 aliphatic carbocycles. The Morgan fingerprint density at radius 2 is 1.78 bits per heavy atom. The molecule has 7 nitrogen and oxygen atoms in total. The van der Waals surface area contributed by atoms with E-state index in [1.54, 1.807) is 6.20 Å². The van der Waals surface area contributed by atoms with Gasteiger partial charge in [0.15, 0.2) is 0 Å². The van der Waals surface area contributed by atoms with Crippen LogP contribution in [0.15, 0.2) is 72.4 Å². The second kappa shape index (κ2) is 9.05. The van der Waals surface area contributed by atoms with Crippen molar-refractivity contribution >= 4 is 45.6 Å². The predicted octanol–water partition coefficient (Wildman–Crippen LogP) is 5.60. The molecule has 1 aromatic heterocycles. The zero-order valence-electron chi connectivity index (χ0n) is 19.2. The van der Waals surface area contributed by atoms with Gasteiger partial charge in [-0.3, -0.25) is 14.5 Å². The summed E-state index contributed by atoms with van der Waals surface area (Å²) in [7, 11) is 2.82. The topological polar surface area (TPSA) is 91.9 Å². The number of halogens is 2. The number of aliphatic hydroxyl groups excluding tert-OH is 1. The number of para-hydroxylation sites is 1. The highest BCUT2D eigenvalue weighted by Crippen LogP contribution is 2.46. The molecule has 1 saturated heterocycles. The number of ether oxygens (including phenoxy) is 2. The molecule has 182 valence electrons. The fourth-order valence-corrected chi connectivity index (χ4v) is 4.77. The molecule has 2 N–H and O–H groups in total. The molecular formula is C27H20ClFN2O5. The molecule has 1 aliphatic heterocycles. The van der Waals surface area contributed by atoms with Gasteiger partial charge in [-0.15, -0.1) is 0 Å². The minimum atomic E-state index is -1.06. The van der Waals surface area contributed by atoms with E-state index in [0.717, 1.165) is 17.0 Å². The van der Waals surface area contributed by atoms with Gasteiger partial charge in [-0.1, -0.05) is 35.9 Å². The molecule has 0 bridgehead atoms. The number of Topliss-reactive ketones (excluding diaryl/α,β-unsaturated/α-hetero) is 1. The summed E-state index contributed by atoms with van der Waals surface area (Å²) in [6, 6.07) is 14.5. The number of hydrogen-bond donors (Lipinski definition) is 2. The Bertz CT molecular complexity index is 1560. The summed E-state index contributed by atoms with van der Waals surface area (Å²) in [6.45, 7) is 0. The van der Waals surface area contributed by atoms with Crippen molar-refractivity contribution in [1.29, 1.82) is 0 Å². The number of carbonyl (C=O) groups excluding carboxylic acids is 2. The standard InChI is InChI=1S/C27H20ClFN2O5/c1-35-21-12-22(36-2)19(28)11-17(21)25(32)23-24(18-13-30-20-9-4-3-8-16(18)20)31(27(34)26(23)33)15-7-5-6-14(29)10-15/h3-13,24,30,32H,1-2H3/b25-23+. The normalized spacial score (nSPS) is 17.1. The molecule has 1 fully saturated rings. The number of aliphatic hydroxyl groups is 1. The summed E-state index contributed by atoms with van der Waals surface area (Å²) in [6.07, 6.45) is 1.67. The summed E-state index contributed by atoms with van der Waals surface area (Å²) >= 11 is 6.31. The maximum atomic E-state index is 14.2. The Morgan fingerprint density at radius 1 is 1.03 bits per heavy atom. The van der Waals surface area contributed by atoms with Crippen molar-refractivity contribution in [2.75, 3.05) is 19.1 Å². The first-order valence-corrected chi connectivity index (χ1v) is 11.3. The van der Waals surface area contributed by atoms with Gasteiger partial charge in [-0.2, -0.15) is 0 Å². The summed E-state index contributed by atoms with van der Waals surface area (Å²) < 4.78 is 24.8. The predicted molar refractivity (Wildman–Crippen MR) is 134 cm³/mol. The minimum absolute atomic E-state index is 0.102. The molecule has 2 heterocycles. The van der Waals surface area contributed by atoms with Gasteiger partial charge in [-0.05, 0) is 30.3 Å². The van der Waals surface area contributed by atoms with Gasteiger partial charge in [0, 0.05) is 34.4 Å². The Hall–Kier alpha value is -4.30. The van der Waals surface area contributed by atoms with Crippen molar-refractivity contribution in [2.45, 2.75) is 6.04 Å². The number of nitrogens with one attached hydrogen (secondary N) is 1. The van der Waals surface area contributed by atoms with Crippen LogP contribution >= 0.6 is 11.6 Å². The van der Waals surface area contributed by atoms with Crippen LogP contribution in [0.5, 0.6) is 11.5 Å². The molecule has 4 aromatic rings. The maximum Gasteiger partial charge on any atom is 0.300 e. The number of carbonyl (C=O) groups is 2. The number of fused-ring (bicyclic) bond motifs is 1. The molecule has 1 amide bonds. The number of anilines is 1. The van der Waals surface area contributed by atoms with E-state index >= 15 is 0 Å². The summed E-state index contributed by atoms with van der Waals surface area (Å²) in [5.41, 5.74) is 1.40. The second-order valence-electron chi connectivity index (χ2n) is 8.13. The number of H-pyrrole nitrogens is 1. The molecule has 1 atom stereocenters. The van der Waals surface area contributed by atoms with E-state index < -0.39 is 29.3 Å². The van der Waals surface area contributed by atoms with E-state index in [9.17, 15) is 19.1 Å². The van der Waals surface area contributed by atoms with Gasteiger partial charge >= 0.3 is 0 Å². The minimum Gasteiger partial charge on any atom is -0.507 e. The fraction of sp³-hybridized carbons (Fsp3) is 0.111. The van der Waals surface area contributed by atoms with Crippen LogP contribution in [-0.4, -0.2) is 36.0 Å². The first-order chi connectivity index (χ1) is 17.3. The average molecular weight is 507 g/mol. The number of benzene rings is 3. The van der Waals surface area contributed by atoms with Crippen LogP contribution in [0, 0.1) is 5.82 Å². The van der Waals surface area contributed by atoms with Gasteiger partial charge in [0.2, 0.25) is 0 Å². The molecule has 9 heteroatoms. The van der Waals surface area contributed by atoms with Crippen LogP contribution in [-0.2, 0) is 9.59 Å². The van der Waals surface area contributed by atoms with Gasteiger partial charge in [-0.25, -0.2) is 4.39 Å². The highest BCUT2D eigenvalue weighted by Gasteiger charge is 2.48. The number of amides is 1. The van der Waals surface area contributed by atoms with Crippen molar-refractivity contribution in [3.05, 3.63) is 94.4 Å². The van der Waals surface area contributed by atoms with Crippen LogP contribution < -0.4 is 14.4 Å². The Labute approximate surface area is 210 Å². The Balaban J connectivity index is 1.81. The Kier molecular flexibility index (Phi) is 5.89. The average Bonchev–Trinajstić information content (AvgIpc) is 3.42. The lowest BCUT2D eigenvalue weighted by molar-refractivity contribution is -0.132. The number of ketones is 1. The van der Waals surface area contributed by atoms with Crippen LogP contribution in [0.3, 0.4) is 0 Å². The monoisotopic (exact) mass is 506 g/mol. The van der Waals surface area contributed by atoms with E-state index in [1.165, 1.54) is 49.5 Å². The van der Waals surface area contributed by atoms with Crippen LogP contribution in [0.2, 0.25) is 5.02 Å². The molecule has 0 saturated carbocycles. The van der Waals surface area contributed by atoms with Crippen molar-refractivity contribution in [3.63, 3.8) is 0 Å². The molecule has 1 aliphatic rings. The van der Waals surface area contributed by atoms with Crippen LogP contribution in [0.4, 0.5) is 10.1 Å². The van der Waals surface area contributed by atoms with Gasteiger partial charge in [0.05, 0.1) is 36.4 Å². The molecular weight excluding hydrogens is 487 g/mol. The fourth-order valence-electron chi connectivity index (χ4n) is 4.53. The maximum absolute atomic E-state index is 14.2. The van der Waals surface area contributed by atoms with E-state index in [0.29, 0.717) is 11.3 Å². The lowest BCUT2D eigenvalue weighted by Gasteiger charge is -2.25. The number of nitrogens with zero attached hydrogens (tertiary/aromatic N) is 1. The zero-order chi connectivity index (χ0) is 25.6. The molecule has 5 rings (SSSR count). The van der Waals surface area contributed by atoms with Crippen LogP contribution in [0.25, 0.3) is 16.7 Å². The molecule has 0 radical (unpaired) electrons. The van der Waals surface area contributed by atoms with Crippen molar-refractivity contribution in [1.82, 2.24) is 4.98 Å². The highest BCUT2D eigenvalue weighted by molar-refractivity contribution is 6.52.